The lowest BCUT2D eigenvalue weighted by atomic mass is 10.1. The number of benzene rings is 3. The van der Waals surface area contributed by atoms with Gasteiger partial charge in [0, 0.05) is 6.54 Å². The van der Waals surface area contributed by atoms with Crippen molar-refractivity contribution in [2.75, 3.05) is 13.7 Å². The first kappa shape index (κ1) is 18.9. The van der Waals surface area contributed by atoms with Gasteiger partial charge in [0.2, 0.25) is 0 Å². The van der Waals surface area contributed by atoms with Crippen LogP contribution >= 0.6 is 0 Å². The highest BCUT2D eigenvalue weighted by molar-refractivity contribution is 5.43. The minimum atomic E-state index is -0.152. The van der Waals surface area contributed by atoms with Crippen molar-refractivity contribution in [1.82, 2.24) is 5.32 Å². The van der Waals surface area contributed by atoms with Crippen LogP contribution in [0.25, 0.3) is 0 Å². The lowest BCUT2D eigenvalue weighted by molar-refractivity contribution is 0.284. The Labute approximate surface area is 159 Å². The smallest absolute Gasteiger partial charge is 0.161 e. The first-order chi connectivity index (χ1) is 13.3. The third-order valence-corrected chi connectivity index (χ3v) is 4.32. The molecule has 3 aromatic rings. The molecule has 0 bridgehead atoms. The van der Waals surface area contributed by atoms with Crippen LogP contribution in [-0.2, 0) is 19.6 Å². The summed E-state index contributed by atoms with van der Waals surface area (Å²) < 4.78 is 25.0. The van der Waals surface area contributed by atoms with Gasteiger partial charge in [-0.2, -0.15) is 0 Å². The topological polar surface area (TPSA) is 30.5 Å². The van der Waals surface area contributed by atoms with E-state index in [4.69, 9.17) is 9.47 Å². The molecule has 1 N–H and O–H groups in total. The molecule has 0 saturated heterocycles. The van der Waals surface area contributed by atoms with E-state index < -0.39 is 0 Å². The van der Waals surface area contributed by atoms with E-state index in [1.165, 1.54) is 6.07 Å². The SMILES string of the molecule is COc1cc(CNCCc2ccccc2F)ccc1OCc1ccccc1. The van der Waals surface area contributed by atoms with E-state index in [2.05, 4.69) is 5.32 Å². The van der Waals surface area contributed by atoms with E-state index in [9.17, 15) is 4.39 Å². The van der Waals surface area contributed by atoms with Gasteiger partial charge in [-0.05, 0) is 47.9 Å². The fourth-order valence-corrected chi connectivity index (χ4v) is 2.83. The number of ether oxygens (including phenoxy) is 2. The van der Waals surface area contributed by atoms with Crippen molar-refractivity contribution in [3.05, 3.63) is 95.3 Å². The Morgan fingerprint density at radius 2 is 1.63 bits per heavy atom. The van der Waals surface area contributed by atoms with Gasteiger partial charge in [-0.15, -0.1) is 0 Å². The average molecular weight is 365 g/mol. The van der Waals surface area contributed by atoms with E-state index >= 15 is 0 Å². The minimum Gasteiger partial charge on any atom is -0.493 e. The second-order valence-electron chi connectivity index (χ2n) is 6.28. The van der Waals surface area contributed by atoms with Crippen molar-refractivity contribution < 1.29 is 13.9 Å². The number of hydrogen-bond donors (Lipinski definition) is 1. The quantitative estimate of drug-likeness (QED) is 0.555. The standard InChI is InChI=1S/C23H24FNO2/c1-26-23-15-19(16-25-14-13-20-9-5-6-10-21(20)24)11-12-22(23)27-17-18-7-3-2-4-8-18/h2-12,15,25H,13-14,16-17H2,1H3. The molecule has 0 heterocycles. The van der Waals surface area contributed by atoms with Crippen molar-refractivity contribution in [3.8, 4) is 11.5 Å². The van der Waals surface area contributed by atoms with Crippen LogP contribution in [0.2, 0.25) is 0 Å². The van der Waals surface area contributed by atoms with Gasteiger partial charge < -0.3 is 14.8 Å². The van der Waals surface area contributed by atoms with Crippen LogP contribution in [-0.4, -0.2) is 13.7 Å². The first-order valence-corrected chi connectivity index (χ1v) is 9.04. The summed E-state index contributed by atoms with van der Waals surface area (Å²) in [5.74, 6) is 1.27. The Hall–Kier alpha value is -2.85. The summed E-state index contributed by atoms with van der Waals surface area (Å²) in [5.41, 5.74) is 2.93. The van der Waals surface area contributed by atoms with Crippen molar-refractivity contribution in [2.24, 2.45) is 0 Å². The molecule has 4 heteroatoms. The van der Waals surface area contributed by atoms with Crippen LogP contribution in [0.3, 0.4) is 0 Å². The molecule has 0 aliphatic carbocycles. The summed E-state index contributed by atoms with van der Waals surface area (Å²) in [4.78, 5) is 0. The zero-order valence-corrected chi connectivity index (χ0v) is 15.5. The van der Waals surface area contributed by atoms with E-state index in [1.54, 1.807) is 13.2 Å². The number of methoxy groups -OCH3 is 1. The molecule has 0 radical (unpaired) electrons. The van der Waals surface area contributed by atoms with E-state index in [0.717, 1.165) is 22.4 Å². The maximum Gasteiger partial charge on any atom is 0.161 e. The Bertz CT molecular complexity index is 852. The van der Waals surface area contributed by atoms with Crippen LogP contribution in [0, 0.1) is 5.82 Å². The molecule has 0 fully saturated rings. The lowest BCUT2D eigenvalue weighted by Gasteiger charge is -2.13. The van der Waals surface area contributed by atoms with E-state index in [-0.39, 0.29) is 5.82 Å². The highest BCUT2D eigenvalue weighted by atomic mass is 19.1. The van der Waals surface area contributed by atoms with E-state index in [0.29, 0.717) is 31.9 Å². The Morgan fingerprint density at radius 3 is 2.41 bits per heavy atom. The highest BCUT2D eigenvalue weighted by Gasteiger charge is 2.07. The van der Waals surface area contributed by atoms with Gasteiger partial charge >= 0.3 is 0 Å². The van der Waals surface area contributed by atoms with Crippen LogP contribution in [0.15, 0.2) is 72.8 Å². The van der Waals surface area contributed by atoms with Crippen LogP contribution < -0.4 is 14.8 Å². The van der Waals surface area contributed by atoms with Crippen molar-refractivity contribution in [2.45, 2.75) is 19.6 Å². The summed E-state index contributed by atoms with van der Waals surface area (Å²) in [6.45, 7) is 1.89. The molecular weight excluding hydrogens is 341 g/mol. The Balaban J connectivity index is 1.52. The second kappa shape index (κ2) is 9.74. The summed E-state index contributed by atoms with van der Waals surface area (Å²) in [5, 5.41) is 3.34. The van der Waals surface area contributed by atoms with Crippen molar-refractivity contribution in [1.29, 1.82) is 0 Å². The monoisotopic (exact) mass is 365 g/mol. The van der Waals surface area contributed by atoms with Crippen LogP contribution in [0.1, 0.15) is 16.7 Å². The maximum absolute atomic E-state index is 13.6. The van der Waals surface area contributed by atoms with Crippen LogP contribution in [0.4, 0.5) is 4.39 Å². The molecule has 0 aromatic heterocycles. The molecule has 0 aliphatic rings. The maximum atomic E-state index is 13.6. The third-order valence-electron chi connectivity index (χ3n) is 4.32. The molecule has 0 atom stereocenters. The van der Waals surface area contributed by atoms with Gasteiger partial charge in [-0.1, -0.05) is 54.6 Å². The van der Waals surface area contributed by atoms with Crippen molar-refractivity contribution >= 4 is 0 Å². The summed E-state index contributed by atoms with van der Waals surface area (Å²) in [7, 11) is 1.64. The first-order valence-electron chi connectivity index (χ1n) is 9.04. The van der Waals surface area contributed by atoms with E-state index in [1.807, 2.05) is 60.7 Å². The molecule has 27 heavy (non-hydrogen) atoms. The van der Waals surface area contributed by atoms with Gasteiger partial charge in [0.1, 0.15) is 12.4 Å². The summed E-state index contributed by atoms with van der Waals surface area (Å²) in [6.07, 6.45) is 0.655. The molecule has 0 amide bonds. The molecule has 0 aliphatic heterocycles. The predicted octanol–water partition coefficient (Wildman–Crippen LogP) is 4.75. The number of rotatable bonds is 9. The number of halogens is 1. The fraction of sp³-hybridized carbons (Fsp3) is 0.217. The minimum absolute atomic E-state index is 0.152. The fourth-order valence-electron chi connectivity index (χ4n) is 2.83. The normalized spacial score (nSPS) is 10.6. The second-order valence-corrected chi connectivity index (χ2v) is 6.28. The molecule has 0 spiro atoms. The highest BCUT2D eigenvalue weighted by Crippen LogP contribution is 2.28. The Morgan fingerprint density at radius 1 is 0.852 bits per heavy atom. The molecule has 140 valence electrons. The van der Waals surface area contributed by atoms with Gasteiger partial charge in [-0.25, -0.2) is 4.39 Å². The molecule has 3 aromatic carbocycles. The molecular formula is C23H24FNO2. The van der Waals surface area contributed by atoms with Gasteiger partial charge in [0.05, 0.1) is 7.11 Å². The number of nitrogens with one attached hydrogen (secondary N) is 1. The summed E-state index contributed by atoms with van der Waals surface area (Å²) in [6, 6.07) is 22.8. The molecule has 3 rings (SSSR count). The van der Waals surface area contributed by atoms with Gasteiger partial charge in [-0.3, -0.25) is 0 Å². The van der Waals surface area contributed by atoms with Gasteiger partial charge in [0.25, 0.3) is 0 Å². The molecule has 0 unspecified atom stereocenters. The average Bonchev–Trinajstić information content (AvgIpc) is 2.72. The molecule has 3 nitrogen and oxygen atoms in total. The molecule has 0 saturated carbocycles. The Kier molecular flexibility index (Phi) is 6.83. The van der Waals surface area contributed by atoms with Crippen LogP contribution in [0.5, 0.6) is 11.5 Å². The lowest BCUT2D eigenvalue weighted by Crippen LogP contribution is -2.17. The zero-order chi connectivity index (χ0) is 18.9. The van der Waals surface area contributed by atoms with Crippen molar-refractivity contribution in [3.63, 3.8) is 0 Å². The number of hydrogen-bond acceptors (Lipinski definition) is 3. The zero-order valence-electron chi connectivity index (χ0n) is 15.5. The largest absolute Gasteiger partial charge is 0.493 e. The van der Waals surface area contributed by atoms with Gasteiger partial charge in [0.15, 0.2) is 11.5 Å². The predicted molar refractivity (Wildman–Crippen MR) is 106 cm³/mol. The third kappa shape index (κ3) is 5.56. The summed E-state index contributed by atoms with van der Waals surface area (Å²) >= 11 is 0.